The second kappa shape index (κ2) is 3.98. The van der Waals surface area contributed by atoms with Gasteiger partial charge < -0.3 is 4.98 Å². The minimum atomic E-state index is -0.304. The van der Waals surface area contributed by atoms with E-state index in [0.717, 1.165) is 5.56 Å². The van der Waals surface area contributed by atoms with Gasteiger partial charge in [-0.05, 0) is 24.3 Å². The number of hydrogen-bond donors (Lipinski definition) is 1. The number of thiophene rings is 1. The molecule has 0 saturated carbocycles. The van der Waals surface area contributed by atoms with Crippen LogP contribution in [0.1, 0.15) is 0 Å². The first-order valence-electron chi connectivity index (χ1n) is 4.74. The topological polar surface area (TPSA) is 28.7 Å². The number of H-pyrrole nitrogens is 1. The molecule has 0 bridgehead atoms. The van der Waals surface area contributed by atoms with Crippen molar-refractivity contribution < 1.29 is 4.39 Å². The maximum Gasteiger partial charge on any atom is 0.140 e. The molecule has 1 N–H and O–H groups in total. The summed E-state index contributed by atoms with van der Waals surface area (Å²) in [6, 6.07) is 6.12. The average Bonchev–Trinajstić information content (AvgIpc) is 2.80. The highest BCUT2D eigenvalue weighted by Crippen LogP contribution is 2.37. The molecule has 6 heteroatoms. The summed E-state index contributed by atoms with van der Waals surface area (Å²) in [4.78, 5) is 7.36. The third-order valence-corrected chi connectivity index (χ3v) is 3.84. The zero-order valence-electron chi connectivity index (χ0n) is 8.30. The molecule has 0 aliphatic heterocycles. The molecule has 0 spiro atoms. The summed E-state index contributed by atoms with van der Waals surface area (Å²) in [5.74, 6) is 0.292. The quantitative estimate of drug-likeness (QED) is 0.688. The Kier molecular flexibility index (Phi) is 2.58. The first kappa shape index (κ1) is 11.0. The first-order valence-corrected chi connectivity index (χ1v) is 6.31. The fraction of sp³-hybridized carbons (Fsp3) is 0. The molecule has 0 amide bonds. The summed E-state index contributed by atoms with van der Waals surface area (Å²) in [5, 5.41) is 0. The standard InChI is InChI=1S/C11H5Cl2FN2S/c12-9-4-6(10(13)17-9)11-15-7-2-1-5(14)3-8(7)16-11/h1-4H,(H,15,16). The van der Waals surface area contributed by atoms with E-state index >= 15 is 0 Å². The highest BCUT2D eigenvalue weighted by Gasteiger charge is 2.12. The lowest BCUT2D eigenvalue weighted by atomic mass is 10.3. The maximum atomic E-state index is 13.0. The van der Waals surface area contributed by atoms with Crippen molar-refractivity contribution in [2.75, 3.05) is 0 Å². The second-order valence-electron chi connectivity index (χ2n) is 3.48. The van der Waals surface area contributed by atoms with Gasteiger partial charge in [0.05, 0.1) is 15.4 Å². The summed E-state index contributed by atoms with van der Waals surface area (Å²) < 4.78 is 14.2. The van der Waals surface area contributed by atoms with E-state index in [2.05, 4.69) is 9.97 Å². The molecule has 0 aliphatic carbocycles. The summed E-state index contributed by atoms with van der Waals surface area (Å²) in [6.07, 6.45) is 0. The number of nitrogens with zero attached hydrogens (tertiary/aromatic N) is 1. The summed E-state index contributed by atoms with van der Waals surface area (Å²) in [5.41, 5.74) is 2.07. The van der Waals surface area contributed by atoms with Gasteiger partial charge in [-0.3, -0.25) is 0 Å². The maximum absolute atomic E-state index is 13.0. The Balaban J connectivity index is 2.21. The number of rotatable bonds is 1. The van der Waals surface area contributed by atoms with Gasteiger partial charge in [-0.2, -0.15) is 0 Å². The van der Waals surface area contributed by atoms with E-state index in [1.54, 1.807) is 12.1 Å². The van der Waals surface area contributed by atoms with E-state index < -0.39 is 0 Å². The fourth-order valence-corrected chi connectivity index (χ4v) is 3.08. The Morgan fingerprint density at radius 1 is 1.24 bits per heavy atom. The average molecular weight is 287 g/mol. The molecule has 0 fully saturated rings. The molecule has 2 aromatic heterocycles. The van der Waals surface area contributed by atoms with Gasteiger partial charge in [-0.15, -0.1) is 11.3 Å². The zero-order valence-corrected chi connectivity index (χ0v) is 10.6. The van der Waals surface area contributed by atoms with Crippen LogP contribution in [0.2, 0.25) is 8.67 Å². The van der Waals surface area contributed by atoms with Gasteiger partial charge >= 0.3 is 0 Å². The van der Waals surface area contributed by atoms with Gasteiger partial charge in [0.1, 0.15) is 16.0 Å². The molecule has 2 nitrogen and oxygen atoms in total. The van der Waals surface area contributed by atoms with Gasteiger partial charge in [0.15, 0.2) is 0 Å². The third-order valence-electron chi connectivity index (χ3n) is 2.36. The van der Waals surface area contributed by atoms with Crippen LogP contribution >= 0.6 is 34.5 Å². The van der Waals surface area contributed by atoms with E-state index in [0.29, 0.717) is 25.5 Å². The Hall–Kier alpha value is -1.10. The van der Waals surface area contributed by atoms with Crippen molar-refractivity contribution in [3.63, 3.8) is 0 Å². The predicted molar refractivity (Wildman–Crippen MR) is 69.4 cm³/mol. The second-order valence-corrected chi connectivity index (χ2v) is 5.77. The van der Waals surface area contributed by atoms with Crippen LogP contribution in [0, 0.1) is 5.82 Å². The molecular formula is C11H5Cl2FN2S. The molecule has 3 aromatic rings. The van der Waals surface area contributed by atoms with E-state index in [-0.39, 0.29) is 5.82 Å². The number of aromatic nitrogens is 2. The minimum Gasteiger partial charge on any atom is -0.338 e. The SMILES string of the molecule is Fc1ccc2nc(-c3cc(Cl)sc3Cl)[nH]c2c1. The number of halogens is 3. The number of aromatic amines is 1. The lowest BCUT2D eigenvalue weighted by Crippen LogP contribution is -1.76. The zero-order chi connectivity index (χ0) is 12.0. The van der Waals surface area contributed by atoms with Crippen LogP contribution in [0.5, 0.6) is 0 Å². The number of nitrogens with one attached hydrogen (secondary N) is 1. The van der Waals surface area contributed by atoms with E-state index in [1.165, 1.54) is 23.5 Å². The summed E-state index contributed by atoms with van der Waals surface area (Å²) in [6.45, 7) is 0. The van der Waals surface area contributed by atoms with Crippen LogP contribution in [0.25, 0.3) is 22.4 Å². The largest absolute Gasteiger partial charge is 0.338 e. The summed E-state index contributed by atoms with van der Waals surface area (Å²) >= 11 is 13.2. The molecule has 86 valence electrons. The highest BCUT2D eigenvalue weighted by molar-refractivity contribution is 7.20. The molecular weight excluding hydrogens is 282 g/mol. The van der Waals surface area contributed by atoms with Crippen LogP contribution in [0.3, 0.4) is 0 Å². The van der Waals surface area contributed by atoms with Crippen molar-refractivity contribution in [3.8, 4) is 11.4 Å². The summed E-state index contributed by atoms with van der Waals surface area (Å²) in [7, 11) is 0. The molecule has 17 heavy (non-hydrogen) atoms. The van der Waals surface area contributed by atoms with E-state index in [4.69, 9.17) is 23.2 Å². The van der Waals surface area contributed by atoms with Crippen molar-refractivity contribution in [2.45, 2.75) is 0 Å². The van der Waals surface area contributed by atoms with Crippen molar-refractivity contribution in [2.24, 2.45) is 0 Å². The van der Waals surface area contributed by atoms with Gasteiger partial charge in [-0.25, -0.2) is 9.37 Å². The lowest BCUT2D eigenvalue weighted by molar-refractivity contribution is 0.629. The predicted octanol–water partition coefficient (Wildman–Crippen LogP) is 4.74. The van der Waals surface area contributed by atoms with Crippen LogP contribution in [0.15, 0.2) is 24.3 Å². The van der Waals surface area contributed by atoms with Crippen molar-refractivity contribution in [1.29, 1.82) is 0 Å². The van der Waals surface area contributed by atoms with Gasteiger partial charge in [0.2, 0.25) is 0 Å². The molecule has 0 atom stereocenters. The van der Waals surface area contributed by atoms with Gasteiger partial charge in [0, 0.05) is 5.56 Å². The van der Waals surface area contributed by atoms with Crippen LogP contribution < -0.4 is 0 Å². The highest BCUT2D eigenvalue weighted by atomic mass is 35.5. The molecule has 2 heterocycles. The van der Waals surface area contributed by atoms with Crippen molar-refractivity contribution in [1.82, 2.24) is 9.97 Å². The molecule has 1 aromatic carbocycles. The van der Waals surface area contributed by atoms with E-state index in [9.17, 15) is 4.39 Å². The fourth-order valence-electron chi connectivity index (χ4n) is 1.61. The van der Waals surface area contributed by atoms with Crippen LogP contribution in [-0.4, -0.2) is 9.97 Å². The smallest absolute Gasteiger partial charge is 0.140 e. The van der Waals surface area contributed by atoms with Crippen molar-refractivity contribution in [3.05, 3.63) is 38.8 Å². The molecule has 0 aliphatic rings. The third kappa shape index (κ3) is 1.92. The molecule has 0 unspecified atom stereocenters. The number of imidazole rings is 1. The molecule has 3 rings (SSSR count). The Labute approximate surface area is 110 Å². The lowest BCUT2D eigenvalue weighted by Gasteiger charge is -1.90. The Bertz CT molecular complexity index is 705. The van der Waals surface area contributed by atoms with Crippen LogP contribution in [0.4, 0.5) is 4.39 Å². The van der Waals surface area contributed by atoms with Gasteiger partial charge in [0.25, 0.3) is 0 Å². The number of fused-ring (bicyclic) bond motifs is 1. The molecule has 0 saturated heterocycles. The number of benzene rings is 1. The monoisotopic (exact) mass is 286 g/mol. The minimum absolute atomic E-state index is 0.304. The van der Waals surface area contributed by atoms with E-state index in [1.807, 2.05) is 0 Å². The Morgan fingerprint density at radius 2 is 2.06 bits per heavy atom. The molecule has 0 radical (unpaired) electrons. The first-order chi connectivity index (χ1) is 8.13. The van der Waals surface area contributed by atoms with Crippen molar-refractivity contribution >= 4 is 45.6 Å². The van der Waals surface area contributed by atoms with Gasteiger partial charge in [-0.1, -0.05) is 23.2 Å². The Morgan fingerprint density at radius 3 is 2.76 bits per heavy atom. The van der Waals surface area contributed by atoms with Crippen LogP contribution in [-0.2, 0) is 0 Å². The number of hydrogen-bond acceptors (Lipinski definition) is 2. The normalized spacial score (nSPS) is 11.2.